The molecule has 0 spiro atoms. The third-order valence-corrected chi connectivity index (χ3v) is 2.15. The number of rotatable bonds is 2. The van der Waals surface area contributed by atoms with Crippen LogP contribution in [0.25, 0.3) is 11.3 Å². The fourth-order valence-electron chi connectivity index (χ4n) is 1.43. The molecule has 0 aliphatic heterocycles. The van der Waals surface area contributed by atoms with Crippen LogP contribution in [0, 0.1) is 0 Å². The van der Waals surface area contributed by atoms with E-state index in [0.717, 1.165) is 5.56 Å². The summed E-state index contributed by atoms with van der Waals surface area (Å²) < 4.78 is 5.22. The first kappa shape index (κ1) is 10.2. The van der Waals surface area contributed by atoms with Gasteiger partial charge in [-0.2, -0.15) is 0 Å². The van der Waals surface area contributed by atoms with Crippen molar-refractivity contribution < 1.29 is 4.74 Å². The first-order valence-electron chi connectivity index (χ1n) is 4.73. The lowest BCUT2D eigenvalue weighted by molar-refractivity contribution is 0.415. The molecule has 0 unspecified atom stereocenters. The molecule has 16 heavy (non-hydrogen) atoms. The summed E-state index contributed by atoms with van der Waals surface area (Å²) in [5.74, 6) is 1.52. The molecule has 0 aliphatic carbocycles. The summed E-state index contributed by atoms with van der Waals surface area (Å²) >= 11 is 0. The Morgan fingerprint density at radius 3 is 2.62 bits per heavy atom. The quantitative estimate of drug-likeness (QED) is 0.790. The number of nitrogen functional groups attached to an aromatic ring is 2. The van der Waals surface area contributed by atoms with E-state index in [1.54, 1.807) is 37.6 Å². The van der Waals surface area contributed by atoms with Crippen molar-refractivity contribution in [1.29, 1.82) is 0 Å². The van der Waals surface area contributed by atoms with E-state index >= 15 is 0 Å². The summed E-state index contributed by atoms with van der Waals surface area (Å²) in [5.41, 5.74) is 12.8. The van der Waals surface area contributed by atoms with Crippen molar-refractivity contribution in [2.24, 2.45) is 0 Å². The molecular formula is C11H12N4O. The molecule has 0 aliphatic rings. The van der Waals surface area contributed by atoms with Gasteiger partial charge in [-0.25, -0.2) is 9.97 Å². The second-order valence-corrected chi connectivity index (χ2v) is 3.26. The molecule has 82 valence electrons. The van der Waals surface area contributed by atoms with Gasteiger partial charge in [0, 0.05) is 11.8 Å². The highest BCUT2D eigenvalue weighted by Gasteiger charge is 2.08. The number of nitrogens with zero attached hydrogens (tertiary/aromatic N) is 2. The van der Waals surface area contributed by atoms with Crippen LogP contribution < -0.4 is 16.2 Å². The van der Waals surface area contributed by atoms with E-state index in [-0.39, 0.29) is 0 Å². The van der Waals surface area contributed by atoms with Crippen LogP contribution in [0.4, 0.5) is 11.6 Å². The molecule has 0 bridgehead atoms. The van der Waals surface area contributed by atoms with Crippen molar-refractivity contribution >= 4 is 11.6 Å². The van der Waals surface area contributed by atoms with Crippen LogP contribution in [0.5, 0.6) is 5.75 Å². The third-order valence-electron chi connectivity index (χ3n) is 2.15. The maximum atomic E-state index is 5.64. The Morgan fingerprint density at radius 1 is 1.12 bits per heavy atom. The van der Waals surface area contributed by atoms with Gasteiger partial charge in [-0.15, -0.1) is 0 Å². The fraction of sp³-hybridized carbons (Fsp3) is 0.0909. The van der Waals surface area contributed by atoms with Gasteiger partial charge in [0.2, 0.25) is 0 Å². The largest absolute Gasteiger partial charge is 0.494 e. The summed E-state index contributed by atoms with van der Waals surface area (Å²) in [5, 5.41) is 0. The Kier molecular flexibility index (Phi) is 2.59. The van der Waals surface area contributed by atoms with Gasteiger partial charge >= 0.3 is 0 Å². The van der Waals surface area contributed by atoms with E-state index in [1.165, 1.54) is 0 Å². The van der Waals surface area contributed by atoms with E-state index < -0.39 is 0 Å². The average Bonchev–Trinajstić information content (AvgIpc) is 2.29. The molecule has 2 aromatic heterocycles. The highest BCUT2D eigenvalue weighted by molar-refractivity contribution is 5.69. The Morgan fingerprint density at radius 2 is 1.94 bits per heavy atom. The molecule has 0 fully saturated rings. The molecule has 0 amide bonds. The highest BCUT2D eigenvalue weighted by atomic mass is 16.5. The maximum Gasteiger partial charge on any atom is 0.145 e. The average molecular weight is 216 g/mol. The number of hydrogen-bond acceptors (Lipinski definition) is 5. The fourth-order valence-corrected chi connectivity index (χ4v) is 1.43. The van der Waals surface area contributed by atoms with E-state index in [2.05, 4.69) is 9.97 Å². The SMILES string of the molecule is COc1ccc(N)nc1-c1ccnc(N)c1. The number of anilines is 2. The molecule has 5 heteroatoms. The van der Waals surface area contributed by atoms with E-state index in [1.807, 2.05) is 0 Å². The predicted octanol–water partition coefficient (Wildman–Crippen LogP) is 1.32. The summed E-state index contributed by atoms with van der Waals surface area (Å²) in [6.45, 7) is 0. The van der Waals surface area contributed by atoms with E-state index in [4.69, 9.17) is 16.2 Å². The molecule has 2 aromatic rings. The highest BCUT2D eigenvalue weighted by Crippen LogP contribution is 2.28. The van der Waals surface area contributed by atoms with Gasteiger partial charge in [-0.3, -0.25) is 0 Å². The monoisotopic (exact) mass is 216 g/mol. The number of ether oxygens (including phenoxy) is 1. The van der Waals surface area contributed by atoms with Crippen LogP contribution in [0.15, 0.2) is 30.5 Å². The summed E-state index contributed by atoms with van der Waals surface area (Å²) in [6, 6.07) is 6.99. The second-order valence-electron chi connectivity index (χ2n) is 3.26. The van der Waals surface area contributed by atoms with Gasteiger partial charge in [0.05, 0.1) is 7.11 Å². The van der Waals surface area contributed by atoms with Crippen molar-refractivity contribution in [3.8, 4) is 17.0 Å². The normalized spacial score (nSPS) is 10.1. The first-order valence-corrected chi connectivity index (χ1v) is 4.73. The van der Waals surface area contributed by atoms with Crippen LogP contribution in [-0.4, -0.2) is 17.1 Å². The number of aromatic nitrogens is 2. The first-order chi connectivity index (χ1) is 7.70. The molecule has 0 saturated heterocycles. The smallest absolute Gasteiger partial charge is 0.145 e. The van der Waals surface area contributed by atoms with Crippen molar-refractivity contribution in [3.63, 3.8) is 0 Å². The molecule has 0 atom stereocenters. The molecule has 0 saturated carbocycles. The van der Waals surface area contributed by atoms with Gasteiger partial charge in [-0.05, 0) is 24.3 Å². The van der Waals surface area contributed by atoms with Crippen LogP contribution >= 0.6 is 0 Å². The summed E-state index contributed by atoms with van der Waals surface area (Å²) in [4.78, 5) is 8.15. The minimum atomic E-state index is 0.434. The summed E-state index contributed by atoms with van der Waals surface area (Å²) in [7, 11) is 1.58. The number of methoxy groups -OCH3 is 1. The van der Waals surface area contributed by atoms with Crippen molar-refractivity contribution in [2.75, 3.05) is 18.6 Å². The van der Waals surface area contributed by atoms with Crippen molar-refractivity contribution in [1.82, 2.24) is 9.97 Å². The second kappa shape index (κ2) is 4.06. The van der Waals surface area contributed by atoms with Gasteiger partial charge < -0.3 is 16.2 Å². The number of pyridine rings is 2. The topological polar surface area (TPSA) is 87.0 Å². The van der Waals surface area contributed by atoms with Gasteiger partial charge in [0.25, 0.3) is 0 Å². The number of hydrogen-bond donors (Lipinski definition) is 2. The Balaban J connectivity index is 2.58. The van der Waals surface area contributed by atoms with Crippen LogP contribution in [-0.2, 0) is 0 Å². The Bertz CT molecular complexity index is 513. The molecule has 2 rings (SSSR count). The molecule has 2 heterocycles. The van der Waals surface area contributed by atoms with Crippen LogP contribution in [0.2, 0.25) is 0 Å². The maximum absolute atomic E-state index is 5.64. The lowest BCUT2D eigenvalue weighted by atomic mass is 10.1. The van der Waals surface area contributed by atoms with E-state index in [0.29, 0.717) is 23.1 Å². The van der Waals surface area contributed by atoms with Gasteiger partial charge in [-0.1, -0.05) is 0 Å². The number of nitrogens with two attached hydrogens (primary N) is 2. The zero-order chi connectivity index (χ0) is 11.5. The molecule has 0 aromatic carbocycles. The Hall–Kier alpha value is -2.30. The van der Waals surface area contributed by atoms with Gasteiger partial charge in [0.1, 0.15) is 23.1 Å². The molecule has 5 nitrogen and oxygen atoms in total. The lowest BCUT2D eigenvalue weighted by Gasteiger charge is -2.08. The lowest BCUT2D eigenvalue weighted by Crippen LogP contribution is -1.97. The zero-order valence-corrected chi connectivity index (χ0v) is 8.84. The minimum absolute atomic E-state index is 0.434. The van der Waals surface area contributed by atoms with Gasteiger partial charge in [0.15, 0.2) is 0 Å². The molecule has 0 radical (unpaired) electrons. The van der Waals surface area contributed by atoms with Crippen molar-refractivity contribution in [3.05, 3.63) is 30.5 Å². The third kappa shape index (κ3) is 1.88. The van der Waals surface area contributed by atoms with Crippen LogP contribution in [0.1, 0.15) is 0 Å². The van der Waals surface area contributed by atoms with E-state index in [9.17, 15) is 0 Å². The Labute approximate surface area is 93.1 Å². The van der Waals surface area contributed by atoms with Crippen molar-refractivity contribution in [2.45, 2.75) is 0 Å². The zero-order valence-electron chi connectivity index (χ0n) is 8.84. The van der Waals surface area contributed by atoms with Crippen LogP contribution in [0.3, 0.4) is 0 Å². The molecule has 4 N–H and O–H groups in total. The summed E-state index contributed by atoms with van der Waals surface area (Å²) in [6.07, 6.45) is 1.62. The minimum Gasteiger partial charge on any atom is -0.494 e. The molecular weight excluding hydrogens is 204 g/mol. The predicted molar refractivity (Wildman–Crippen MR) is 62.8 cm³/mol. The standard InChI is InChI=1S/C11H12N4O/c1-16-8-2-3-9(12)15-11(8)7-4-5-14-10(13)6-7/h2-6H,1H3,(H2,12,15)(H2,13,14).